The molecule has 0 aromatic heterocycles. The molecule has 0 aliphatic rings. The normalized spacial score (nSPS) is 10.0. The molecule has 0 saturated heterocycles. The maximum Gasteiger partial charge on any atom is 0.381 e. The molecule has 1 aromatic carbocycles. The lowest BCUT2D eigenvalue weighted by molar-refractivity contribution is -0.143. The Morgan fingerprint density at radius 2 is 1.75 bits per heavy atom. The zero-order valence-electron chi connectivity index (χ0n) is 8.91. The van der Waals surface area contributed by atoms with Gasteiger partial charge in [0.05, 0.1) is 0 Å². The van der Waals surface area contributed by atoms with E-state index in [1.165, 1.54) is 0 Å². The summed E-state index contributed by atoms with van der Waals surface area (Å²) in [6.45, 7) is 0. The lowest BCUT2D eigenvalue weighted by Gasteiger charge is -2.15. The number of para-hydroxylation sites is 1. The van der Waals surface area contributed by atoms with Crippen molar-refractivity contribution in [3.8, 4) is 5.75 Å². The van der Waals surface area contributed by atoms with Crippen LogP contribution in [0.3, 0.4) is 0 Å². The van der Waals surface area contributed by atoms with Crippen molar-refractivity contribution in [3.05, 3.63) is 30.3 Å². The van der Waals surface area contributed by atoms with E-state index in [2.05, 4.69) is 5.32 Å². The minimum absolute atomic E-state index is 0.301. The van der Waals surface area contributed by atoms with Gasteiger partial charge in [-0.15, -0.1) is 0 Å². The van der Waals surface area contributed by atoms with Crippen LogP contribution in [0.15, 0.2) is 30.3 Å². The topological polar surface area (TPSA) is 58.6 Å². The molecule has 0 unspecified atom stereocenters. The second-order valence-corrected chi connectivity index (χ2v) is 4.00. The van der Waals surface area contributed by atoms with Crippen LogP contribution >= 0.6 is 23.2 Å². The van der Waals surface area contributed by atoms with Gasteiger partial charge in [0.15, 0.2) is 0 Å². The summed E-state index contributed by atoms with van der Waals surface area (Å²) in [5.41, 5.74) is 0. The fraction of sp³-hybridized carbons (Fsp3) is 0.300. The average Bonchev–Trinajstić information content (AvgIpc) is 2.19. The van der Waals surface area contributed by atoms with Crippen LogP contribution in [0.2, 0.25) is 0 Å². The van der Waals surface area contributed by atoms with Crippen LogP contribution in [0.25, 0.3) is 0 Å². The number of carboxylic acid groups (broad SMARTS) is 1. The number of carboxylic acids is 1. The van der Waals surface area contributed by atoms with Gasteiger partial charge in [-0.1, -0.05) is 18.2 Å². The van der Waals surface area contributed by atoms with Crippen molar-refractivity contribution < 1.29 is 14.6 Å². The first-order chi connectivity index (χ1) is 7.44. The Balaban J connectivity index is 0.000000673. The molecule has 0 aliphatic heterocycles. The van der Waals surface area contributed by atoms with Crippen LogP contribution in [-0.4, -0.2) is 29.7 Å². The lowest BCUT2D eigenvalue weighted by atomic mass is 10.3. The Bertz CT molecular complexity index is 317. The van der Waals surface area contributed by atoms with E-state index in [4.69, 9.17) is 33.0 Å². The molecule has 6 heteroatoms. The number of hydrogen-bond acceptors (Lipinski definition) is 3. The first-order valence-electron chi connectivity index (χ1n) is 4.37. The quantitative estimate of drug-likeness (QED) is 0.823. The maximum atomic E-state index is 10.4. The average molecular weight is 266 g/mol. The minimum atomic E-state index is -2.23. The Morgan fingerprint density at radius 3 is 2.12 bits per heavy atom. The summed E-state index contributed by atoms with van der Waals surface area (Å²) in [6.07, 6.45) is 0. The summed E-state index contributed by atoms with van der Waals surface area (Å²) in [6, 6.07) is 8.24. The number of hydrogen-bond donors (Lipinski definition) is 2. The highest BCUT2D eigenvalue weighted by atomic mass is 35.5. The molecule has 1 rings (SSSR count). The molecule has 90 valence electrons. The second-order valence-electron chi connectivity index (χ2n) is 2.74. The van der Waals surface area contributed by atoms with Crippen LogP contribution in [0, 0.1) is 0 Å². The summed E-state index contributed by atoms with van der Waals surface area (Å²) in [7, 11) is 3.75. The number of rotatable bonds is 3. The Labute approximate surface area is 104 Å². The summed E-state index contributed by atoms with van der Waals surface area (Å²) in [4.78, 5) is 10.4. The van der Waals surface area contributed by atoms with Crippen LogP contribution in [0.5, 0.6) is 5.75 Å². The zero-order chi connectivity index (χ0) is 12.6. The molecular formula is C10H13Cl2NO3. The Morgan fingerprint density at radius 1 is 1.31 bits per heavy atom. The molecule has 0 fully saturated rings. The molecule has 0 heterocycles. The highest BCUT2D eigenvalue weighted by Crippen LogP contribution is 2.25. The largest absolute Gasteiger partial charge is 0.476 e. The molecule has 1 aromatic rings. The van der Waals surface area contributed by atoms with E-state index in [1.54, 1.807) is 30.3 Å². The van der Waals surface area contributed by atoms with E-state index in [9.17, 15) is 4.79 Å². The van der Waals surface area contributed by atoms with Crippen molar-refractivity contribution >= 4 is 29.2 Å². The highest BCUT2D eigenvalue weighted by molar-refractivity contribution is 6.56. The van der Waals surface area contributed by atoms with Crippen molar-refractivity contribution in [2.24, 2.45) is 0 Å². The smallest absolute Gasteiger partial charge is 0.381 e. The van der Waals surface area contributed by atoms with Crippen molar-refractivity contribution in [3.63, 3.8) is 0 Å². The number of alkyl halides is 2. The van der Waals surface area contributed by atoms with Crippen molar-refractivity contribution in [1.29, 1.82) is 0 Å². The van der Waals surface area contributed by atoms with Gasteiger partial charge in [-0.25, -0.2) is 4.79 Å². The molecule has 16 heavy (non-hydrogen) atoms. The van der Waals surface area contributed by atoms with Crippen LogP contribution in [0.1, 0.15) is 0 Å². The highest BCUT2D eigenvalue weighted by Gasteiger charge is 2.36. The molecule has 2 N–H and O–H groups in total. The van der Waals surface area contributed by atoms with E-state index in [-0.39, 0.29) is 0 Å². The van der Waals surface area contributed by atoms with Gasteiger partial charge in [0.25, 0.3) is 0 Å². The monoisotopic (exact) mass is 265 g/mol. The van der Waals surface area contributed by atoms with Gasteiger partial charge >= 0.3 is 10.5 Å². The first-order valence-corrected chi connectivity index (χ1v) is 5.13. The summed E-state index contributed by atoms with van der Waals surface area (Å²) in [5.74, 6) is -1.14. The van der Waals surface area contributed by atoms with Crippen LogP contribution < -0.4 is 10.1 Å². The molecular weight excluding hydrogens is 253 g/mol. The van der Waals surface area contributed by atoms with Crippen molar-refractivity contribution in [1.82, 2.24) is 5.32 Å². The van der Waals surface area contributed by atoms with E-state index >= 15 is 0 Å². The molecule has 0 bridgehead atoms. The maximum absolute atomic E-state index is 10.4. The molecule has 4 nitrogen and oxygen atoms in total. The molecule has 0 saturated carbocycles. The fourth-order valence-corrected chi connectivity index (χ4v) is 0.858. The van der Waals surface area contributed by atoms with Gasteiger partial charge in [-0.3, -0.25) is 0 Å². The first kappa shape index (κ1) is 15.0. The Hall–Kier alpha value is -0.970. The molecule has 0 spiro atoms. The predicted molar refractivity (Wildman–Crippen MR) is 64.1 cm³/mol. The SMILES string of the molecule is CNC.O=C(O)C(Cl)(Cl)Oc1ccccc1. The third kappa shape index (κ3) is 5.80. The second kappa shape index (κ2) is 7.33. The van der Waals surface area contributed by atoms with E-state index in [1.807, 2.05) is 14.1 Å². The number of nitrogens with one attached hydrogen (secondary N) is 1. The summed E-state index contributed by atoms with van der Waals surface area (Å²) < 4.78 is 2.56. The number of benzene rings is 1. The minimum Gasteiger partial charge on any atom is -0.476 e. The predicted octanol–water partition coefficient (Wildman–Crippen LogP) is 2.12. The van der Waals surface area contributed by atoms with Gasteiger partial charge < -0.3 is 15.2 Å². The van der Waals surface area contributed by atoms with Gasteiger partial charge in [0.1, 0.15) is 5.75 Å². The number of carbonyl (C=O) groups is 1. The molecule has 0 radical (unpaired) electrons. The molecule has 0 atom stereocenters. The van der Waals surface area contributed by atoms with Crippen molar-refractivity contribution in [2.75, 3.05) is 14.1 Å². The van der Waals surface area contributed by atoms with E-state index in [0.717, 1.165) is 0 Å². The fourth-order valence-electron chi connectivity index (χ4n) is 0.680. The third-order valence-corrected chi connectivity index (χ3v) is 1.72. The van der Waals surface area contributed by atoms with E-state index < -0.39 is 10.5 Å². The van der Waals surface area contributed by atoms with Crippen LogP contribution in [-0.2, 0) is 4.79 Å². The van der Waals surface area contributed by atoms with Gasteiger partial charge in [0.2, 0.25) is 0 Å². The molecule has 0 amide bonds. The number of halogens is 2. The number of aliphatic carboxylic acids is 1. The zero-order valence-corrected chi connectivity index (χ0v) is 10.4. The molecule has 0 aliphatic carbocycles. The van der Waals surface area contributed by atoms with Gasteiger partial charge in [-0.05, 0) is 49.4 Å². The lowest BCUT2D eigenvalue weighted by Crippen LogP contribution is -2.32. The standard InChI is InChI=1S/C8H6Cl2O3.C2H7N/c9-8(10,7(11)12)13-6-4-2-1-3-5-6;1-3-2/h1-5H,(H,11,12);3H,1-2H3. The third-order valence-electron chi connectivity index (χ3n) is 1.24. The Kier molecular flexibility index (Phi) is 6.88. The summed E-state index contributed by atoms with van der Waals surface area (Å²) in [5, 5.41) is 11.3. The van der Waals surface area contributed by atoms with E-state index in [0.29, 0.717) is 5.75 Å². The summed E-state index contributed by atoms with van der Waals surface area (Å²) >= 11 is 10.7. The number of ether oxygens (including phenoxy) is 1. The van der Waals surface area contributed by atoms with Gasteiger partial charge in [-0.2, -0.15) is 0 Å². The van der Waals surface area contributed by atoms with Gasteiger partial charge in [0, 0.05) is 0 Å². The van der Waals surface area contributed by atoms with Crippen LogP contribution in [0.4, 0.5) is 0 Å². The van der Waals surface area contributed by atoms with Crippen molar-refractivity contribution in [2.45, 2.75) is 4.52 Å².